The predicted octanol–water partition coefficient (Wildman–Crippen LogP) is 4.31. The molecule has 1 aromatic heterocycles. The summed E-state index contributed by atoms with van der Waals surface area (Å²) in [6.07, 6.45) is 6.41. The fourth-order valence-electron chi connectivity index (χ4n) is 3.82. The largest absolute Gasteiger partial charge is 0.465 e. The van der Waals surface area contributed by atoms with Crippen LogP contribution in [0.4, 0.5) is 10.8 Å². The van der Waals surface area contributed by atoms with E-state index in [-0.39, 0.29) is 0 Å². The quantitative estimate of drug-likeness (QED) is 0.807. The summed E-state index contributed by atoms with van der Waals surface area (Å²) in [6, 6.07) is 10.9. The van der Waals surface area contributed by atoms with E-state index in [9.17, 15) is 4.79 Å². The molecule has 2 heterocycles. The van der Waals surface area contributed by atoms with E-state index < -0.39 is 6.09 Å². The van der Waals surface area contributed by atoms with Gasteiger partial charge in [-0.2, -0.15) is 0 Å². The van der Waals surface area contributed by atoms with Crippen LogP contribution in [-0.2, 0) is 0 Å². The summed E-state index contributed by atoms with van der Waals surface area (Å²) in [7, 11) is 0. The molecule has 1 aliphatic heterocycles. The van der Waals surface area contributed by atoms with Gasteiger partial charge in [-0.15, -0.1) is 0 Å². The number of nitrogens with one attached hydrogen (secondary N) is 1. The van der Waals surface area contributed by atoms with E-state index in [1.807, 2.05) is 30.3 Å². The number of benzene rings is 1. The first-order valence-electron chi connectivity index (χ1n) is 9.44. The zero-order valence-corrected chi connectivity index (χ0v) is 14.8. The number of anilines is 1. The van der Waals surface area contributed by atoms with Crippen molar-refractivity contribution in [2.45, 2.75) is 38.1 Å². The third-order valence-corrected chi connectivity index (χ3v) is 5.54. The highest BCUT2D eigenvalue weighted by Crippen LogP contribution is 2.38. The minimum atomic E-state index is -0.798. The summed E-state index contributed by atoms with van der Waals surface area (Å²) in [5, 5.41) is 12.6. The van der Waals surface area contributed by atoms with Crippen LogP contribution in [0.3, 0.4) is 0 Å². The molecule has 6 nitrogen and oxygen atoms in total. The van der Waals surface area contributed by atoms with Crippen LogP contribution in [0.2, 0.25) is 0 Å². The lowest BCUT2D eigenvalue weighted by Gasteiger charge is -2.32. The number of nitrogens with zero attached hydrogens (tertiary/aromatic N) is 2. The van der Waals surface area contributed by atoms with E-state index in [2.05, 4.69) is 10.3 Å². The van der Waals surface area contributed by atoms with Crippen molar-refractivity contribution < 1.29 is 14.3 Å². The Bertz CT molecular complexity index is 734. The lowest BCUT2D eigenvalue weighted by atomic mass is 9.89. The maximum absolute atomic E-state index is 11.1. The molecule has 0 radical (unpaired) electrons. The highest BCUT2D eigenvalue weighted by molar-refractivity contribution is 5.65. The molecule has 0 bridgehead atoms. The van der Waals surface area contributed by atoms with Gasteiger partial charge in [0.1, 0.15) is 0 Å². The van der Waals surface area contributed by atoms with Gasteiger partial charge < -0.3 is 19.7 Å². The molecule has 138 valence electrons. The van der Waals surface area contributed by atoms with Gasteiger partial charge in [0.2, 0.25) is 0 Å². The molecule has 1 atom stereocenters. The molecule has 1 saturated heterocycles. The molecular weight excluding hydrogens is 330 g/mol. The number of aromatic nitrogens is 1. The molecule has 1 aliphatic carbocycles. The molecule has 0 unspecified atom stereocenters. The van der Waals surface area contributed by atoms with Gasteiger partial charge in [0.25, 0.3) is 6.01 Å². The number of hydrogen-bond donors (Lipinski definition) is 2. The van der Waals surface area contributed by atoms with Crippen LogP contribution >= 0.6 is 0 Å². The maximum Gasteiger partial charge on any atom is 0.407 e. The Labute approximate surface area is 153 Å². The van der Waals surface area contributed by atoms with E-state index in [4.69, 9.17) is 9.52 Å². The first-order chi connectivity index (χ1) is 12.7. The maximum atomic E-state index is 11.1. The van der Waals surface area contributed by atoms with Gasteiger partial charge in [-0.05, 0) is 43.9 Å². The molecule has 2 aromatic rings. The smallest absolute Gasteiger partial charge is 0.407 e. The molecular formula is C20H25N3O3. The molecule has 2 aliphatic rings. The average Bonchev–Trinajstić information content (AvgIpc) is 3.41. The molecule has 26 heavy (non-hydrogen) atoms. The van der Waals surface area contributed by atoms with Crippen LogP contribution < -0.4 is 5.32 Å². The summed E-state index contributed by atoms with van der Waals surface area (Å²) in [4.78, 5) is 17.0. The van der Waals surface area contributed by atoms with Crippen LogP contribution in [0.15, 0.2) is 40.9 Å². The van der Waals surface area contributed by atoms with Crippen LogP contribution in [-0.4, -0.2) is 40.2 Å². The second-order valence-electron chi connectivity index (χ2n) is 7.43. The Morgan fingerprint density at radius 3 is 2.62 bits per heavy atom. The molecule has 6 heteroatoms. The Hall–Kier alpha value is -2.50. The number of amides is 1. The predicted molar refractivity (Wildman–Crippen MR) is 99.0 cm³/mol. The normalized spacial score (nSPS) is 19.3. The van der Waals surface area contributed by atoms with Crippen molar-refractivity contribution in [3.8, 4) is 11.3 Å². The number of piperidine rings is 1. The number of carbonyl (C=O) groups is 1. The summed E-state index contributed by atoms with van der Waals surface area (Å²) < 4.78 is 5.91. The van der Waals surface area contributed by atoms with Crippen molar-refractivity contribution >= 4 is 12.1 Å². The SMILES string of the molecule is O=C(O)N1CCC(C[C@H](Nc2ncc(-c3ccccc3)o2)C2CC2)CC1. The van der Waals surface area contributed by atoms with E-state index in [0.29, 0.717) is 37.0 Å². The number of likely N-dealkylation sites (tertiary alicyclic amines) is 1. The minimum absolute atomic E-state index is 0.360. The second-order valence-corrected chi connectivity index (χ2v) is 7.43. The number of rotatable bonds is 6. The highest BCUT2D eigenvalue weighted by Gasteiger charge is 2.35. The first-order valence-corrected chi connectivity index (χ1v) is 9.44. The standard InChI is InChI=1S/C20H25N3O3/c24-20(25)23-10-8-14(9-11-23)12-17(15-6-7-15)22-19-21-13-18(26-19)16-4-2-1-3-5-16/h1-5,13-15,17H,6-12H2,(H,21,22)(H,24,25)/t17-/m0/s1. The molecule has 1 saturated carbocycles. The van der Waals surface area contributed by atoms with Crippen LogP contribution in [0, 0.1) is 11.8 Å². The van der Waals surface area contributed by atoms with Crippen molar-refractivity contribution in [3.63, 3.8) is 0 Å². The lowest BCUT2D eigenvalue weighted by molar-refractivity contribution is 0.122. The topological polar surface area (TPSA) is 78.6 Å². The molecule has 1 amide bonds. The summed E-state index contributed by atoms with van der Waals surface area (Å²) in [6.45, 7) is 1.29. The van der Waals surface area contributed by atoms with Crippen LogP contribution in [0.1, 0.15) is 32.1 Å². The minimum Gasteiger partial charge on any atom is -0.465 e. The zero-order chi connectivity index (χ0) is 17.9. The van der Waals surface area contributed by atoms with Crippen LogP contribution in [0.25, 0.3) is 11.3 Å². The van der Waals surface area contributed by atoms with E-state index in [1.54, 1.807) is 6.20 Å². The fraction of sp³-hybridized carbons (Fsp3) is 0.500. The Kier molecular flexibility index (Phi) is 4.82. The van der Waals surface area contributed by atoms with E-state index in [0.717, 1.165) is 30.6 Å². The van der Waals surface area contributed by atoms with Gasteiger partial charge in [0.15, 0.2) is 5.76 Å². The molecule has 1 aromatic carbocycles. The number of hydrogen-bond acceptors (Lipinski definition) is 4. The summed E-state index contributed by atoms with van der Waals surface area (Å²) in [5.41, 5.74) is 1.03. The molecule has 0 spiro atoms. The van der Waals surface area contributed by atoms with Crippen molar-refractivity contribution in [2.24, 2.45) is 11.8 Å². The first kappa shape index (κ1) is 16.9. The van der Waals surface area contributed by atoms with Gasteiger partial charge in [-0.25, -0.2) is 9.78 Å². The van der Waals surface area contributed by atoms with Crippen molar-refractivity contribution in [2.75, 3.05) is 18.4 Å². The highest BCUT2D eigenvalue weighted by atomic mass is 16.4. The molecule has 2 fully saturated rings. The third-order valence-electron chi connectivity index (χ3n) is 5.54. The molecule has 4 rings (SSSR count). The van der Waals surface area contributed by atoms with Gasteiger partial charge in [-0.3, -0.25) is 0 Å². The lowest BCUT2D eigenvalue weighted by Crippen LogP contribution is -2.39. The summed E-state index contributed by atoms with van der Waals surface area (Å²) >= 11 is 0. The third kappa shape index (κ3) is 4.00. The number of oxazole rings is 1. The van der Waals surface area contributed by atoms with Crippen molar-refractivity contribution in [1.29, 1.82) is 0 Å². The Balaban J connectivity index is 1.36. The summed E-state index contributed by atoms with van der Waals surface area (Å²) in [5.74, 6) is 2.02. The van der Waals surface area contributed by atoms with Gasteiger partial charge in [-0.1, -0.05) is 30.3 Å². The van der Waals surface area contributed by atoms with Gasteiger partial charge in [0, 0.05) is 24.7 Å². The van der Waals surface area contributed by atoms with Crippen molar-refractivity contribution in [3.05, 3.63) is 36.5 Å². The van der Waals surface area contributed by atoms with E-state index >= 15 is 0 Å². The van der Waals surface area contributed by atoms with Gasteiger partial charge in [0.05, 0.1) is 6.20 Å². The Morgan fingerprint density at radius 2 is 1.96 bits per heavy atom. The second kappa shape index (κ2) is 7.40. The average molecular weight is 355 g/mol. The van der Waals surface area contributed by atoms with E-state index in [1.165, 1.54) is 17.7 Å². The van der Waals surface area contributed by atoms with Crippen LogP contribution in [0.5, 0.6) is 0 Å². The Morgan fingerprint density at radius 1 is 1.23 bits per heavy atom. The molecule has 2 N–H and O–H groups in total. The fourth-order valence-corrected chi connectivity index (χ4v) is 3.82. The van der Waals surface area contributed by atoms with Gasteiger partial charge >= 0.3 is 6.09 Å². The number of carboxylic acid groups (broad SMARTS) is 1. The zero-order valence-electron chi connectivity index (χ0n) is 14.8. The van der Waals surface area contributed by atoms with Crippen molar-refractivity contribution in [1.82, 2.24) is 9.88 Å². The monoisotopic (exact) mass is 355 g/mol.